The number of carbonyl (C=O) groups excluding carboxylic acids is 1. The van der Waals surface area contributed by atoms with E-state index in [0.29, 0.717) is 25.3 Å². The third-order valence-electron chi connectivity index (χ3n) is 3.96. The number of sulfonamides is 1. The molecule has 0 fully saturated rings. The van der Waals surface area contributed by atoms with Gasteiger partial charge in [-0.05, 0) is 37.4 Å². The largest absolute Gasteiger partial charge is 0.468 e. The molecule has 1 aromatic heterocycles. The second-order valence-corrected chi connectivity index (χ2v) is 8.35. The molecule has 0 saturated carbocycles. The van der Waals surface area contributed by atoms with E-state index < -0.39 is 10.0 Å². The first-order valence-electron chi connectivity index (χ1n) is 8.58. The van der Waals surface area contributed by atoms with E-state index >= 15 is 0 Å². The maximum absolute atomic E-state index is 12.7. The summed E-state index contributed by atoms with van der Waals surface area (Å²) in [5.74, 6) is 0.488. The molecule has 2 aromatic rings. The summed E-state index contributed by atoms with van der Waals surface area (Å²) in [4.78, 5) is 14.0. The summed E-state index contributed by atoms with van der Waals surface area (Å²) in [6, 6.07) is 8.06. The van der Waals surface area contributed by atoms with Crippen molar-refractivity contribution in [2.24, 2.45) is 0 Å². The van der Waals surface area contributed by atoms with Gasteiger partial charge in [-0.1, -0.05) is 25.4 Å². The molecule has 148 valence electrons. The van der Waals surface area contributed by atoms with Gasteiger partial charge in [0.15, 0.2) is 0 Å². The predicted molar refractivity (Wildman–Crippen MR) is 105 cm³/mol. The van der Waals surface area contributed by atoms with Gasteiger partial charge in [-0.3, -0.25) is 9.69 Å². The molecule has 1 heterocycles. The molecule has 0 bridgehead atoms. The van der Waals surface area contributed by atoms with E-state index in [1.165, 1.54) is 16.4 Å². The topological polar surface area (TPSA) is 82.9 Å². The molecular weight excluding hydrogens is 390 g/mol. The zero-order valence-corrected chi connectivity index (χ0v) is 17.2. The summed E-state index contributed by atoms with van der Waals surface area (Å²) in [6.45, 7) is 4.81. The number of nitrogens with zero attached hydrogens (tertiary/aromatic N) is 2. The lowest BCUT2D eigenvalue weighted by Gasteiger charge is -2.20. The highest BCUT2D eigenvalue weighted by Crippen LogP contribution is 2.27. The smallest absolute Gasteiger partial charge is 0.244 e. The van der Waals surface area contributed by atoms with Crippen LogP contribution in [0.4, 0.5) is 5.69 Å². The Balaban J connectivity index is 2.10. The Morgan fingerprint density at radius 3 is 2.52 bits per heavy atom. The van der Waals surface area contributed by atoms with E-state index in [0.717, 1.165) is 5.76 Å². The maximum atomic E-state index is 12.7. The maximum Gasteiger partial charge on any atom is 0.244 e. The second-order valence-electron chi connectivity index (χ2n) is 6.03. The number of halogens is 1. The van der Waals surface area contributed by atoms with Crippen molar-refractivity contribution in [3.63, 3.8) is 0 Å². The standard InChI is InChI=1S/C18H24ClN3O4S/c1-4-22(5-2)27(24,25)17-11-14(8-9-16(17)19)20-18(23)13-21(3)12-15-7-6-10-26-15/h6-11H,4-5,12-13H2,1-3H3,(H,20,23). The van der Waals surface area contributed by atoms with E-state index in [9.17, 15) is 13.2 Å². The summed E-state index contributed by atoms with van der Waals surface area (Å²) in [7, 11) is -1.93. The van der Waals surface area contributed by atoms with Crippen molar-refractivity contribution in [2.45, 2.75) is 25.3 Å². The molecule has 2 rings (SSSR count). The number of furan rings is 1. The molecule has 0 saturated heterocycles. The molecule has 0 aliphatic carbocycles. The number of hydrogen-bond donors (Lipinski definition) is 1. The number of rotatable bonds is 9. The van der Waals surface area contributed by atoms with Crippen LogP contribution in [0.3, 0.4) is 0 Å². The lowest BCUT2D eigenvalue weighted by Crippen LogP contribution is -2.31. The molecule has 1 amide bonds. The fraction of sp³-hybridized carbons (Fsp3) is 0.389. The molecule has 7 nitrogen and oxygen atoms in total. The van der Waals surface area contributed by atoms with Crippen LogP contribution in [-0.2, 0) is 21.4 Å². The molecule has 27 heavy (non-hydrogen) atoms. The van der Waals surface area contributed by atoms with Crippen molar-refractivity contribution >= 4 is 33.2 Å². The van der Waals surface area contributed by atoms with Crippen LogP contribution in [0, 0.1) is 0 Å². The SMILES string of the molecule is CCN(CC)S(=O)(=O)c1cc(NC(=O)CN(C)Cc2ccco2)ccc1Cl. The Morgan fingerprint density at radius 2 is 1.93 bits per heavy atom. The van der Waals surface area contributed by atoms with Gasteiger partial charge in [0, 0.05) is 18.8 Å². The summed E-state index contributed by atoms with van der Waals surface area (Å²) >= 11 is 6.10. The van der Waals surface area contributed by atoms with Crippen LogP contribution in [0.5, 0.6) is 0 Å². The van der Waals surface area contributed by atoms with Gasteiger partial charge in [0.2, 0.25) is 15.9 Å². The Morgan fingerprint density at radius 1 is 1.22 bits per heavy atom. The van der Waals surface area contributed by atoms with Crippen LogP contribution in [0.15, 0.2) is 45.9 Å². The Hall–Kier alpha value is -1.87. The average Bonchev–Trinajstić information content (AvgIpc) is 3.09. The number of amides is 1. The molecule has 1 aromatic carbocycles. The first kappa shape index (κ1) is 21.4. The number of hydrogen-bond acceptors (Lipinski definition) is 5. The molecule has 0 aliphatic heterocycles. The van der Waals surface area contributed by atoms with Crippen molar-refractivity contribution < 1.29 is 17.6 Å². The highest BCUT2D eigenvalue weighted by molar-refractivity contribution is 7.89. The summed E-state index contributed by atoms with van der Waals surface area (Å²) < 4.78 is 32.0. The third kappa shape index (κ3) is 5.55. The minimum absolute atomic E-state index is 0.0189. The number of likely N-dealkylation sites (N-methyl/N-ethyl adjacent to an activating group) is 1. The zero-order valence-electron chi connectivity index (χ0n) is 15.6. The van der Waals surface area contributed by atoms with Crippen LogP contribution in [0.2, 0.25) is 5.02 Å². The monoisotopic (exact) mass is 413 g/mol. The Kier molecular flexibility index (Phi) is 7.43. The fourth-order valence-corrected chi connectivity index (χ4v) is 4.61. The molecular formula is C18H24ClN3O4S. The van der Waals surface area contributed by atoms with E-state index in [1.54, 1.807) is 44.2 Å². The molecule has 0 unspecified atom stereocenters. The summed E-state index contributed by atoms with van der Waals surface area (Å²) in [5.41, 5.74) is 0.376. The van der Waals surface area contributed by atoms with E-state index in [4.69, 9.17) is 16.0 Å². The lowest BCUT2D eigenvalue weighted by molar-refractivity contribution is -0.117. The first-order chi connectivity index (χ1) is 12.8. The van der Waals surface area contributed by atoms with Crippen LogP contribution < -0.4 is 5.32 Å². The normalized spacial score (nSPS) is 11.9. The van der Waals surface area contributed by atoms with Crippen molar-refractivity contribution in [3.05, 3.63) is 47.4 Å². The molecule has 1 N–H and O–H groups in total. The minimum atomic E-state index is -3.72. The van der Waals surface area contributed by atoms with Crippen LogP contribution in [-0.4, -0.2) is 50.2 Å². The Bertz CT molecular complexity index is 865. The fourth-order valence-electron chi connectivity index (χ4n) is 2.65. The highest BCUT2D eigenvalue weighted by Gasteiger charge is 2.25. The molecule has 0 radical (unpaired) electrons. The molecule has 0 aliphatic rings. The number of nitrogens with one attached hydrogen (secondary N) is 1. The van der Waals surface area contributed by atoms with Gasteiger partial charge in [0.1, 0.15) is 10.7 Å². The third-order valence-corrected chi connectivity index (χ3v) is 6.49. The summed E-state index contributed by atoms with van der Waals surface area (Å²) in [6.07, 6.45) is 1.58. The number of anilines is 1. The minimum Gasteiger partial charge on any atom is -0.468 e. The molecule has 0 spiro atoms. The van der Waals surface area contributed by atoms with Gasteiger partial charge in [-0.2, -0.15) is 4.31 Å². The van der Waals surface area contributed by atoms with Crippen LogP contribution in [0.1, 0.15) is 19.6 Å². The molecule has 9 heteroatoms. The quantitative estimate of drug-likeness (QED) is 0.683. The number of benzene rings is 1. The Labute approximate surface area is 164 Å². The average molecular weight is 414 g/mol. The van der Waals surface area contributed by atoms with Gasteiger partial charge in [0.05, 0.1) is 24.4 Å². The highest BCUT2D eigenvalue weighted by atomic mass is 35.5. The van der Waals surface area contributed by atoms with Crippen LogP contribution >= 0.6 is 11.6 Å². The van der Waals surface area contributed by atoms with E-state index in [1.807, 2.05) is 6.07 Å². The van der Waals surface area contributed by atoms with Gasteiger partial charge in [0.25, 0.3) is 0 Å². The van der Waals surface area contributed by atoms with Gasteiger partial charge in [-0.15, -0.1) is 0 Å². The summed E-state index contributed by atoms with van der Waals surface area (Å²) in [5, 5.41) is 2.83. The van der Waals surface area contributed by atoms with Crippen molar-refractivity contribution in [1.29, 1.82) is 0 Å². The van der Waals surface area contributed by atoms with E-state index in [-0.39, 0.29) is 22.4 Å². The van der Waals surface area contributed by atoms with Gasteiger partial charge in [-0.25, -0.2) is 8.42 Å². The number of carbonyl (C=O) groups is 1. The van der Waals surface area contributed by atoms with Crippen molar-refractivity contribution in [1.82, 2.24) is 9.21 Å². The van der Waals surface area contributed by atoms with Gasteiger partial charge < -0.3 is 9.73 Å². The van der Waals surface area contributed by atoms with Crippen molar-refractivity contribution in [2.75, 3.05) is 32.0 Å². The second kappa shape index (κ2) is 9.36. The molecule has 0 atom stereocenters. The predicted octanol–water partition coefficient (Wildman–Crippen LogP) is 3.03. The van der Waals surface area contributed by atoms with Gasteiger partial charge >= 0.3 is 0 Å². The zero-order chi connectivity index (χ0) is 20.0. The lowest BCUT2D eigenvalue weighted by atomic mass is 10.3. The van der Waals surface area contributed by atoms with Crippen molar-refractivity contribution in [3.8, 4) is 0 Å². The van der Waals surface area contributed by atoms with E-state index in [2.05, 4.69) is 5.32 Å². The first-order valence-corrected chi connectivity index (χ1v) is 10.4. The van der Waals surface area contributed by atoms with Crippen LogP contribution in [0.25, 0.3) is 0 Å².